The van der Waals surface area contributed by atoms with Crippen LogP contribution in [0.2, 0.25) is 0 Å². The molecule has 108 valence electrons. The van der Waals surface area contributed by atoms with Crippen LogP contribution in [0.4, 0.5) is 11.4 Å². The maximum Gasteiger partial charge on any atom is 0.103 e. The molecule has 0 saturated heterocycles. The summed E-state index contributed by atoms with van der Waals surface area (Å²) in [5.74, 6) is 0. The number of fused-ring (bicyclic) bond motifs is 1. The minimum Gasteiger partial charge on any atom is -0.354 e. The van der Waals surface area contributed by atoms with Gasteiger partial charge in [0.2, 0.25) is 0 Å². The lowest BCUT2D eigenvalue weighted by atomic mass is 10.1. The number of nitriles is 1. The number of aryl methyl sites for hydroxylation is 3. The fourth-order valence-electron chi connectivity index (χ4n) is 2.72. The van der Waals surface area contributed by atoms with Gasteiger partial charge in [-0.25, -0.2) is 0 Å². The second-order valence-electron chi connectivity index (χ2n) is 5.68. The highest BCUT2D eigenvalue weighted by Gasteiger charge is 2.10. The highest BCUT2D eigenvalue weighted by Crippen LogP contribution is 2.30. The van der Waals surface area contributed by atoms with Crippen molar-refractivity contribution in [3.05, 3.63) is 64.8 Å². The third-order valence-corrected chi connectivity index (χ3v) is 3.63. The van der Waals surface area contributed by atoms with Crippen LogP contribution >= 0.6 is 0 Å². The third-order valence-electron chi connectivity index (χ3n) is 3.63. The van der Waals surface area contributed by atoms with Crippen LogP contribution in [-0.2, 0) is 0 Å². The Balaban J connectivity index is 2.20. The van der Waals surface area contributed by atoms with E-state index in [0.717, 1.165) is 27.8 Å². The number of anilines is 2. The molecular formula is C19H17N3. The van der Waals surface area contributed by atoms with Gasteiger partial charge in [0, 0.05) is 17.3 Å². The smallest absolute Gasteiger partial charge is 0.103 e. The summed E-state index contributed by atoms with van der Waals surface area (Å²) < 4.78 is 0. The monoisotopic (exact) mass is 287 g/mol. The highest BCUT2D eigenvalue weighted by molar-refractivity contribution is 5.96. The molecule has 0 fully saturated rings. The van der Waals surface area contributed by atoms with Crippen LogP contribution in [0, 0.1) is 32.1 Å². The standard InChI is InChI=1S/C19H17N3/c1-12-4-5-18-17(9-12)19(15(10-20)11-21-18)22-16-7-13(2)6-14(3)8-16/h4-9,11H,1-3H3,(H,21,22). The minimum atomic E-state index is 0.553. The van der Waals surface area contributed by atoms with E-state index < -0.39 is 0 Å². The Labute approximate surface area is 130 Å². The first kappa shape index (κ1) is 14.1. The molecule has 0 spiro atoms. The Hall–Kier alpha value is -2.86. The van der Waals surface area contributed by atoms with Crippen molar-refractivity contribution in [3.8, 4) is 6.07 Å². The van der Waals surface area contributed by atoms with Crippen LogP contribution in [0.3, 0.4) is 0 Å². The van der Waals surface area contributed by atoms with Crippen LogP contribution in [0.5, 0.6) is 0 Å². The van der Waals surface area contributed by atoms with Crippen molar-refractivity contribution in [2.75, 3.05) is 5.32 Å². The second-order valence-corrected chi connectivity index (χ2v) is 5.68. The summed E-state index contributed by atoms with van der Waals surface area (Å²) in [6.07, 6.45) is 1.63. The largest absolute Gasteiger partial charge is 0.354 e. The first-order chi connectivity index (χ1) is 10.6. The van der Waals surface area contributed by atoms with E-state index in [1.807, 2.05) is 19.1 Å². The average molecular weight is 287 g/mol. The quantitative estimate of drug-likeness (QED) is 0.738. The van der Waals surface area contributed by atoms with Gasteiger partial charge in [0.05, 0.1) is 16.8 Å². The van der Waals surface area contributed by atoms with E-state index >= 15 is 0 Å². The summed E-state index contributed by atoms with van der Waals surface area (Å²) in [7, 11) is 0. The maximum atomic E-state index is 9.40. The number of pyridine rings is 1. The van der Waals surface area contributed by atoms with E-state index in [2.05, 4.69) is 54.5 Å². The second kappa shape index (κ2) is 5.50. The van der Waals surface area contributed by atoms with Crippen LogP contribution in [0.15, 0.2) is 42.6 Å². The molecule has 3 rings (SSSR count). The lowest BCUT2D eigenvalue weighted by molar-refractivity contribution is 1.34. The Kier molecular flexibility index (Phi) is 3.52. The van der Waals surface area contributed by atoms with Gasteiger partial charge in [-0.2, -0.15) is 5.26 Å². The van der Waals surface area contributed by atoms with Crippen LogP contribution in [0.25, 0.3) is 10.9 Å². The SMILES string of the molecule is Cc1cc(C)cc(Nc2c(C#N)cnc3ccc(C)cc23)c1. The molecule has 0 aliphatic heterocycles. The summed E-state index contributed by atoms with van der Waals surface area (Å²) in [6, 6.07) is 14.6. The van der Waals surface area contributed by atoms with Crippen molar-refractivity contribution in [1.29, 1.82) is 5.26 Å². The Morgan fingerprint density at radius 1 is 0.955 bits per heavy atom. The van der Waals surface area contributed by atoms with Gasteiger partial charge in [0.25, 0.3) is 0 Å². The molecule has 1 heterocycles. The molecule has 0 aliphatic carbocycles. The Morgan fingerprint density at radius 3 is 2.36 bits per heavy atom. The first-order valence-corrected chi connectivity index (χ1v) is 7.21. The molecule has 2 aromatic carbocycles. The molecule has 1 N–H and O–H groups in total. The summed E-state index contributed by atoms with van der Waals surface area (Å²) in [5.41, 5.74) is 6.77. The average Bonchev–Trinajstić information content (AvgIpc) is 2.47. The topological polar surface area (TPSA) is 48.7 Å². The van der Waals surface area contributed by atoms with Crippen molar-refractivity contribution in [1.82, 2.24) is 4.98 Å². The predicted octanol–water partition coefficient (Wildman–Crippen LogP) is 4.78. The zero-order valence-corrected chi connectivity index (χ0v) is 12.9. The molecule has 0 aliphatic rings. The molecule has 0 radical (unpaired) electrons. The number of hydrogen-bond acceptors (Lipinski definition) is 3. The lowest BCUT2D eigenvalue weighted by Crippen LogP contribution is -1.98. The molecule has 3 heteroatoms. The number of aromatic nitrogens is 1. The highest BCUT2D eigenvalue weighted by atomic mass is 14.9. The number of benzene rings is 2. The minimum absolute atomic E-state index is 0.553. The van der Waals surface area contributed by atoms with Crippen LogP contribution in [-0.4, -0.2) is 4.98 Å². The molecule has 0 amide bonds. The zero-order chi connectivity index (χ0) is 15.7. The molecule has 0 saturated carbocycles. The fraction of sp³-hybridized carbons (Fsp3) is 0.158. The molecule has 0 atom stereocenters. The van der Waals surface area contributed by atoms with Gasteiger partial charge >= 0.3 is 0 Å². The number of rotatable bonds is 2. The predicted molar refractivity (Wildman–Crippen MR) is 90.4 cm³/mol. The van der Waals surface area contributed by atoms with Crippen molar-refractivity contribution in [2.24, 2.45) is 0 Å². The molecule has 3 nitrogen and oxygen atoms in total. The van der Waals surface area contributed by atoms with E-state index in [-0.39, 0.29) is 0 Å². The molecule has 22 heavy (non-hydrogen) atoms. The summed E-state index contributed by atoms with van der Waals surface area (Å²) in [6.45, 7) is 6.18. The van der Waals surface area contributed by atoms with Gasteiger partial charge in [-0.3, -0.25) is 4.98 Å². The van der Waals surface area contributed by atoms with Gasteiger partial charge in [0.15, 0.2) is 0 Å². The summed E-state index contributed by atoms with van der Waals surface area (Å²) in [5, 5.41) is 13.8. The van der Waals surface area contributed by atoms with Crippen molar-refractivity contribution in [3.63, 3.8) is 0 Å². The number of nitrogens with one attached hydrogen (secondary N) is 1. The number of hydrogen-bond donors (Lipinski definition) is 1. The number of nitrogens with zero attached hydrogens (tertiary/aromatic N) is 2. The van der Waals surface area contributed by atoms with Gasteiger partial charge in [-0.1, -0.05) is 17.7 Å². The molecular weight excluding hydrogens is 270 g/mol. The fourth-order valence-corrected chi connectivity index (χ4v) is 2.72. The van der Waals surface area contributed by atoms with Crippen LogP contribution < -0.4 is 5.32 Å². The third kappa shape index (κ3) is 2.64. The van der Waals surface area contributed by atoms with E-state index in [1.165, 1.54) is 11.1 Å². The van der Waals surface area contributed by atoms with E-state index in [0.29, 0.717) is 5.56 Å². The summed E-state index contributed by atoms with van der Waals surface area (Å²) in [4.78, 5) is 4.37. The van der Waals surface area contributed by atoms with Crippen molar-refractivity contribution < 1.29 is 0 Å². The molecule has 0 bridgehead atoms. The van der Waals surface area contributed by atoms with Gasteiger partial charge in [-0.15, -0.1) is 0 Å². The van der Waals surface area contributed by atoms with Crippen LogP contribution in [0.1, 0.15) is 22.3 Å². The Bertz CT molecular complexity index is 884. The van der Waals surface area contributed by atoms with E-state index in [1.54, 1.807) is 6.20 Å². The van der Waals surface area contributed by atoms with Gasteiger partial charge < -0.3 is 5.32 Å². The van der Waals surface area contributed by atoms with Crippen molar-refractivity contribution >= 4 is 22.3 Å². The van der Waals surface area contributed by atoms with Gasteiger partial charge in [0.1, 0.15) is 6.07 Å². The van der Waals surface area contributed by atoms with E-state index in [4.69, 9.17) is 0 Å². The summed E-state index contributed by atoms with van der Waals surface area (Å²) >= 11 is 0. The Morgan fingerprint density at radius 2 is 1.68 bits per heavy atom. The van der Waals surface area contributed by atoms with Crippen molar-refractivity contribution in [2.45, 2.75) is 20.8 Å². The molecule has 3 aromatic rings. The molecule has 1 aromatic heterocycles. The zero-order valence-electron chi connectivity index (χ0n) is 12.9. The maximum absolute atomic E-state index is 9.40. The first-order valence-electron chi connectivity index (χ1n) is 7.21. The molecule has 0 unspecified atom stereocenters. The lowest BCUT2D eigenvalue weighted by Gasteiger charge is -2.13. The van der Waals surface area contributed by atoms with E-state index in [9.17, 15) is 5.26 Å². The van der Waals surface area contributed by atoms with Gasteiger partial charge in [-0.05, 0) is 56.2 Å². The normalized spacial score (nSPS) is 10.5.